The zero-order valence-corrected chi connectivity index (χ0v) is 23.3. The van der Waals surface area contributed by atoms with Crippen LogP contribution in [0.4, 0.5) is 5.69 Å². The summed E-state index contributed by atoms with van der Waals surface area (Å²) in [6, 6.07) is 19.5. The van der Waals surface area contributed by atoms with E-state index in [4.69, 9.17) is 34.8 Å². The molecule has 196 valence electrons. The first-order valence-electron chi connectivity index (χ1n) is 11.2. The normalized spacial score (nSPS) is 12.0. The number of rotatable bonds is 10. The van der Waals surface area contributed by atoms with Crippen LogP contribution in [0.15, 0.2) is 72.8 Å². The number of sulfonamides is 1. The molecule has 37 heavy (non-hydrogen) atoms. The summed E-state index contributed by atoms with van der Waals surface area (Å²) in [6.45, 7) is -0.545. The summed E-state index contributed by atoms with van der Waals surface area (Å²) >= 11 is 18.4. The molecule has 3 rings (SSSR count). The SMILES string of the molecule is CNC(=O)[C@@H](Cc1ccccc1)N(Cc1cccc(Cl)c1)C(=O)CN(c1cc(Cl)cc(Cl)c1)S(C)(=O)=O. The van der Waals surface area contributed by atoms with Crippen LogP contribution >= 0.6 is 34.8 Å². The van der Waals surface area contributed by atoms with E-state index in [0.717, 1.165) is 16.1 Å². The average Bonchev–Trinajstić information content (AvgIpc) is 2.83. The lowest BCUT2D eigenvalue weighted by atomic mass is 10.0. The maximum atomic E-state index is 13.8. The zero-order chi connectivity index (χ0) is 27.2. The summed E-state index contributed by atoms with van der Waals surface area (Å²) in [5.41, 5.74) is 1.65. The number of benzene rings is 3. The number of carbonyl (C=O) groups is 2. The van der Waals surface area contributed by atoms with Crippen molar-refractivity contribution in [2.45, 2.75) is 19.0 Å². The molecule has 0 radical (unpaired) electrons. The van der Waals surface area contributed by atoms with Gasteiger partial charge in [-0.25, -0.2) is 8.42 Å². The highest BCUT2D eigenvalue weighted by molar-refractivity contribution is 7.92. The lowest BCUT2D eigenvalue weighted by Crippen LogP contribution is -2.52. The fourth-order valence-corrected chi connectivity index (χ4v) is 5.41. The van der Waals surface area contributed by atoms with Gasteiger partial charge in [-0.15, -0.1) is 0 Å². The topological polar surface area (TPSA) is 86.8 Å². The Bertz CT molecular complexity index is 1350. The molecule has 1 atom stereocenters. The van der Waals surface area contributed by atoms with E-state index in [1.54, 1.807) is 24.3 Å². The van der Waals surface area contributed by atoms with Crippen LogP contribution < -0.4 is 9.62 Å². The van der Waals surface area contributed by atoms with Crippen molar-refractivity contribution < 1.29 is 18.0 Å². The Morgan fingerprint density at radius 2 is 1.49 bits per heavy atom. The number of hydrogen-bond donors (Lipinski definition) is 1. The van der Waals surface area contributed by atoms with Crippen LogP contribution in [-0.2, 0) is 32.6 Å². The predicted molar refractivity (Wildman–Crippen MR) is 149 cm³/mol. The van der Waals surface area contributed by atoms with E-state index in [0.29, 0.717) is 10.6 Å². The van der Waals surface area contributed by atoms with Gasteiger partial charge in [-0.1, -0.05) is 77.3 Å². The minimum Gasteiger partial charge on any atom is -0.357 e. The van der Waals surface area contributed by atoms with Crippen LogP contribution in [-0.4, -0.2) is 51.0 Å². The van der Waals surface area contributed by atoms with E-state index < -0.39 is 34.4 Å². The second-order valence-electron chi connectivity index (χ2n) is 8.37. The molecule has 1 N–H and O–H groups in total. The molecular formula is C26H26Cl3N3O4S. The minimum atomic E-state index is -3.92. The lowest BCUT2D eigenvalue weighted by Gasteiger charge is -2.33. The molecule has 7 nitrogen and oxygen atoms in total. The van der Waals surface area contributed by atoms with Gasteiger partial charge in [0.05, 0.1) is 11.9 Å². The molecule has 0 aromatic heterocycles. The molecule has 0 heterocycles. The van der Waals surface area contributed by atoms with Crippen molar-refractivity contribution in [1.82, 2.24) is 10.2 Å². The highest BCUT2D eigenvalue weighted by Crippen LogP contribution is 2.27. The van der Waals surface area contributed by atoms with Crippen LogP contribution in [0.5, 0.6) is 0 Å². The number of likely N-dealkylation sites (N-methyl/N-ethyl adjacent to an activating group) is 1. The van der Waals surface area contributed by atoms with Gasteiger partial charge in [0.15, 0.2) is 0 Å². The van der Waals surface area contributed by atoms with Gasteiger partial charge >= 0.3 is 0 Å². The first kappa shape index (κ1) is 28.8. The van der Waals surface area contributed by atoms with E-state index in [-0.39, 0.29) is 28.7 Å². The molecule has 11 heteroatoms. The Morgan fingerprint density at radius 3 is 2.05 bits per heavy atom. The fourth-order valence-electron chi connectivity index (χ4n) is 3.85. The van der Waals surface area contributed by atoms with Gasteiger partial charge in [-0.2, -0.15) is 0 Å². The number of nitrogens with one attached hydrogen (secondary N) is 1. The summed E-state index contributed by atoms with van der Waals surface area (Å²) in [4.78, 5) is 28.3. The number of amides is 2. The third-order valence-electron chi connectivity index (χ3n) is 5.57. The Balaban J connectivity index is 2.04. The third kappa shape index (κ3) is 8.10. The molecule has 0 spiro atoms. The summed E-state index contributed by atoms with van der Waals surface area (Å²) in [5.74, 6) is -0.984. The Labute approximate surface area is 232 Å². The van der Waals surface area contributed by atoms with Crippen LogP contribution in [0.1, 0.15) is 11.1 Å². The summed E-state index contributed by atoms with van der Waals surface area (Å²) in [6.07, 6.45) is 1.20. The van der Waals surface area contributed by atoms with Crippen molar-refractivity contribution >= 4 is 62.3 Å². The largest absolute Gasteiger partial charge is 0.357 e. The summed E-state index contributed by atoms with van der Waals surface area (Å²) in [5, 5.41) is 3.52. The van der Waals surface area contributed by atoms with E-state index in [9.17, 15) is 18.0 Å². The molecule has 0 bridgehead atoms. The number of nitrogens with zero attached hydrogens (tertiary/aromatic N) is 2. The second-order valence-corrected chi connectivity index (χ2v) is 11.6. The van der Waals surface area contributed by atoms with Gasteiger partial charge < -0.3 is 10.2 Å². The molecule has 3 aromatic carbocycles. The van der Waals surface area contributed by atoms with Gasteiger partial charge in [-0.05, 0) is 41.5 Å². The molecular weight excluding hydrogens is 557 g/mol. The maximum absolute atomic E-state index is 13.8. The maximum Gasteiger partial charge on any atom is 0.244 e. The Hall–Kier alpha value is -2.78. The van der Waals surface area contributed by atoms with E-state index in [1.165, 1.54) is 30.1 Å². The molecule has 0 aliphatic rings. The monoisotopic (exact) mass is 581 g/mol. The number of halogens is 3. The van der Waals surface area contributed by atoms with Crippen molar-refractivity contribution in [2.75, 3.05) is 24.2 Å². The highest BCUT2D eigenvalue weighted by Gasteiger charge is 2.32. The van der Waals surface area contributed by atoms with Gasteiger partial charge in [0.25, 0.3) is 0 Å². The third-order valence-corrected chi connectivity index (χ3v) is 7.39. The zero-order valence-electron chi connectivity index (χ0n) is 20.2. The minimum absolute atomic E-state index is 0.0260. The highest BCUT2D eigenvalue weighted by atomic mass is 35.5. The number of hydrogen-bond acceptors (Lipinski definition) is 4. The molecule has 0 fully saturated rings. The Kier molecular flexibility index (Phi) is 9.84. The van der Waals surface area contributed by atoms with Crippen LogP contribution in [0.3, 0.4) is 0 Å². The van der Waals surface area contributed by atoms with Crippen LogP contribution in [0, 0.1) is 0 Å². The summed E-state index contributed by atoms with van der Waals surface area (Å²) in [7, 11) is -2.44. The molecule has 3 aromatic rings. The molecule has 0 aliphatic carbocycles. The molecule has 2 amide bonds. The van der Waals surface area contributed by atoms with E-state index in [1.807, 2.05) is 30.3 Å². The van der Waals surface area contributed by atoms with E-state index in [2.05, 4.69) is 5.32 Å². The lowest BCUT2D eigenvalue weighted by molar-refractivity contribution is -0.139. The van der Waals surface area contributed by atoms with Crippen molar-refractivity contribution in [3.8, 4) is 0 Å². The van der Waals surface area contributed by atoms with Crippen molar-refractivity contribution in [2.24, 2.45) is 0 Å². The first-order chi connectivity index (χ1) is 17.5. The van der Waals surface area contributed by atoms with Crippen molar-refractivity contribution in [1.29, 1.82) is 0 Å². The predicted octanol–water partition coefficient (Wildman–Crippen LogP) is 4.80. The standard InChI is InChI=1S/C26H26Cl3N3O4S/c1-30-26(34)24(12-18-7-4-3-5-8-18)31(16-19-9-6-10-20(27)11-19)25(33)17-32(37(2,35)36)23-14-21(28)13-22(29)15-23/h3-11,13-15,24H,12,16-17H2,1-2H3,(H,30,34)/t24-/m1/s1. The van der Waals surface area contributed by atoms with E-state index >= 15 is 0 Å². The number of carbonyl (C=O) groups excluding carboxylic acids is 2. The molecule has 0 unspecified atom stereocenters. The first-order valence-corrected chi connectivity index (χ1v) is 14.2. The summed E-state index contributed by atoms with van der Waals surface area (Å²) < 4.78 is 26.4. The average molecular weight is 583 g/mol. The Morgan fingerprint density at radius 1 is 0.865 bits per heavy atom. The van der Waals surface area contributed by atoms with Crippen molar-refractivity contribution in [3.05, 3.63) is 99.0 Å². The van der Waals surface area contributed by atoms with Gasteiger partial charge in [-0.3, -0.25) is 13.9 Å². The van der Waals surface area contributed by atoms with Crippen LogP contribution in [0.2, 0.25) is 15.1 Å². The second kappa shape index (κ2) is 12.6. The molecule has 0 aliphatic heterocycles. The van der Waals surface area contributed by atoms with Gasteiger partial charge in [0.2, 0.25) is 21.8 Å². The van der Waals surface area contributed by atoms with Gasteiger partial charge in [0.1, 0.15) is 12.6 Å². The molecule has 0 saturated carbocycles. The smallest absolute Gasteiger partial charge is 0.244 e. The van der Waals surface area contributed by atoms with Gasteiger partial charge in [0, 0.05) is 35.1 Å². The van der Waals surface area contributed by atoms with Crippen molar-refractivity contribution in [3.63, 3.8) is 0 Å². The molecule has 0 saturated heterocycles. The quantitative estimate of drug-likeness (QED) is 0.372. The fraction of sp³-hybridized carbons (Fsp3) is 0.231. The number of anilines is 1. The van der Waals surface area contributed by atoms with Crippen LogP contribution in [0.25, 0.3) is 0 Å².